The molecule has 0 bridgehead atoms. The minimum Gasteiger partial charge on any atom is -0.393 e. The first-order valence-corrected chi connectivity index (χ1v) is 7.82. The Balaban J connectivity index is 1.82. The number of nitrogens with one attached hydrogen (secondary N) is 2. The van der Waals surface area contributed by atoms with Crippen LogP contribution in [-0.2, 0) is 19.4 Å². The number of hydrogen-bond acceptors (Lipinski definition) is 4. The van der Waals surface area contributed by atoms with E-state index in [0.717, 1.165) is 55.5 Å². The van der Waals surface area contributed by atoms with Gasteiger partial charge in [-0.2, -0.15) is 0 Å². The van der Waals surface area contributed by atoms with Gasteiger partial charge in [-0.15, -0.1) is 0 Å². The number of aliphatic hydroxyl groups is 1. The molecule has 2 amide bonds. The molecule has 1 aliphatic rings. The van der Waals surface area contributed by atoms with Crippen molar-refractivity contribution < 1.29 is 14.4 Å². The lowest BCUT2D eigenvalue weighted by Crippen LogP contribution is -2.44. The van der Waals surface area contributed by atoms with Crippen molar-refractivity contribution in [3.63, 3.8) is 0 Å². The number of carbonyl (C=O) groups excluding carboxylic acids is 1. The quantitative estimate of drug-likeness (QED) is 0.774. The molecule has 1 saturated carbocycles. The van der Waals surface area contributed by atoms with Gasteiger partial charge in [0.1, 0.15) is 5.76 Å². The monoisotopic (exact) mass is 295 g/mol. The smallest absolute Gasteiger partial charge is 0.315 e. The van der Waals surface area contributed by atoms with Crippen molar-refractivity contribution in [2.45, 2.75) is 71.1 Å². The molecule has 1 aromatic rings. The van der Waals surface area contributed by atoms with Gasteiger partial charge >= 0.3 is 6.03 Å². The lowest BCUT2D eigenvalue weighted by Gasteiger charge is -2.26. The van der Waals surface area contributed by atoms with Crippen LogP contribution in [0.5, 0.6) is 0 Å². The Morgan fingerprint density at radius 1 is 1.29 bits per heavy atom. The zero-order valence-electron chi connectivity index (χ0n) is 12.8. The number of amides is 2. The Morgan fingerprint density at radius 2 is 2.00 bits per heavy atom. The first-order chi connectivity index (χ1) is 10.1. The van der Waals surface area contributed by atoms with Crippen molar-refractivity contribution >= 4 is 6.03 Å². The third-order valence-electron chi connectivity index (χ3n) is 4.06. The summed E-state index contributed by atoms with van der Waals surface area (Å²) in [6.07, 6.45) is 4.55. The van der Waals surface area contributed by atoms with E-state index in [2.05, 4.69) is 15.8 Å². The van der Waals surface area contributed by atoms with Crippen molar-refractivity contribution in [2.24, 2.45) is 0 Å². The average molecular weight is 295 g/mol. The summed E-state index contributed by atoms with van der Waals surface area (Å²) >= 11 is 0. The first kappa shape index (κ1) is 15.8. The molecule has 1 aliphatic carbocycles. The van der Waals surface area contributed by atoms with Crippen molar-refractivity contribution in [3.05, 3.63) is 17.0 Å². The second kappa shape index (κ2) is 7.45. The Morgan fingerprint density at radius 3 is 2.62 bits per heavy atom. The highest BCUT2D eigenvalue weighted by Crippen LogP contribution is 2.18. The normalized spacial score (nSPS) is 22.0. The Bertz CT molecular complexity index is 443. The van der Waals surface area contributed by atoms with E-state index >= 15 is 0 Å². The summed E-state index contributed by atoms with van der Waals surface area (Å²) in [6.45, 7) is 4.47. The lowest BCUT2D eigenvalue weighted by atomic mass is 9.93. The van der Waals surface area contributed by atoms with Gasteiger partial charge in [0.25, 0.3) is 0 Å². The molecule has 21 heavy (non-hydrogen) atoms. The predicted molar refractivity (Wildman–Crippen MR) is 78.9 cm³/mol. The Labute approximate surface area is 125 Å². The number of aryl methyl sites for hydroxylation is 2. The molecule has 1 fully saturated rings. The van der Waals surface area contributed by atoms with Gasteiger partial charge in [0.15, 0.2) is 0 Å². The van der Waals surface area contributed by atoms with Gasteiger partial charge in [-0.3, -0.25) is 0 Å². The summed E-state index contributed by atoms with van der Waals surface area (Å²) in [7, 11) is 0. The molecular weight excluding hydrogens is 270 g/mol. The van der Waals surface area contributed by atoms with Crippen LogP contribution < -0.4 is 10.6 Å². The third kappa shape index (κ3) is 4.20. The minimum atomic E-state index is -0.206. The molecule has 0 atom stereocenters. The maximum Gasteiger partial charge on any atom is 0.315 e. The van der Waals surface area contributed by atoms with Gasteiger partial charge in [0.05, 0.1) is 11.8 Å². The van der Waals surface area contributed by atoms with E-state index in [1.807, 2.05) is 13.8 Å². The van der Waals surface area contributed by atoms with Gasteiger partial charge < -0.3 is 20.3 Å². The van der Waals surface area contributed by atoms with Gasteiger partial charge in [-0.25, -0.2) is 4.79 Å². The van der Waals surface area contributed by atoms with E-state index in [1.165, 1.54) is 0 Å². The first-order valence-electron chi connectivity index (χ1n) is 7.82. The summed E-state index contributed by atoms with van der Waals surface area (Å²) in [5.41, 5.74) is 1.90. The summed E-state index contributed by atoms with van der Waals surface area (Å²) in [5, 5.41) is 19.3. The van der Waals surface area contributed by atoms with Crippen LogP contribution in [0.2, 0.25) is 0 Å². The molecule has 1 aromatic heterocycles. The molecule has 0 aromatic carbocycles. The summed E-state index contributed by atoms with van der Waals surface area (Å²) < 4.78 is 5.28. The van der Waals surface area contributed by atoms with Crippen molar-refractivity contribution in [1.82, 2.24) is 15.8 Å². The van der Waals surface area contributed by atoms with Crippen LogP contribution in [0.15, 0.2) is 4.52 Å². The van der Waals surface area contributed by atoms with E-state index in [4.69, 9.17) is 4.52 Å². The van der Waals surface area contributed by atoms with Crippen LogP contribution in [0.4, 0.5) is 4.79 Å². The molecule has 0 saturated heterocycles. The molecule has 0 unspecified atom stereocenters. The van der Waals surface area contributed by atoms with E-state index in [1.54, 1.807) is 0 Å². The molecule has 0 aliphatic heterocycles. The maximum absolute atomic E-state index is 12.0. The Hall–Kier alpha value is -1.56. The topological polar surface area (TPSA) is 87.4 Å². The third-order valence-corrected chi connectivity index (χ3v) is 4.06. The van der Waals surface area contributed by atoms with Crippen molar-refractivity contribution in [1.29, 1.82) is 0 Å². The second-order valence-electron chi connectivity index (χ2n) is 5.57. The number of rotatable bonds is 5. The molecule has 3 N–H and O–H groups in total. The SMILES string of the molecule is CCc1noc(CC)c1CNC(=O)NC1CCC(O)CC1. The fraction of sp³-hybridized carbons (Fsp3) is 0.733. The standard InChI is InChI=1S/C15H25N3O3/c1-3-13-12(14(4-2)21-18-13)9-16-15(20)17-10-5-7-11(19)8-6-10/h10-11,19H,3-9H2,1-2H3,(H2,16,17,20). The molecule has 1 heterocycles. The van der Waals surface area contributed by atoms with Gasteiger partial charge in [-0.1, -0.05) is 19.0 Å². The second-order valence-corrected chi connectivity index (χ2v) is 5.57. The fourth-order valence-corrected chi connectivity index (χ4v) is 2.76. The molecule has 0 spiro atoms. The summed E-state index contributed by atoms with van der Waals surface area (Å²) in [6, 6.07) is -0.00568. The molecule has 118 valence electrons. The number of hydrogen-bond donors (Lipinski definition) is 3. The zero-order chi connectivity index (χ0) is 15.2. The maximum atomic E-state index is 12.0. The lowest BCUT2D eigenvalue weighted by molar-refractivity contribution is 0.117. The highest BCUT2D eigenvalue weighted by atomic mass is 16.5. The van der Waals surface area contributed by atoms with Crippen LogP contribution in [0.25, 0.3) is 0 Å². The number of nitrogens with zero attached hydrogens (tertiary/aromatic N) is 1. The van der Waals surface area contributed by atoms with Crippen molar-refractivity contribution in [3.8, 4) is 0 Å². The number of aliphatic hydroxyl groups excluding tert-OH is 1. The summed E-state index contributed by atoms with van der Waals surface area (Å²) in [5.74, 6) is 0.841. The Kier molecular flexibility index (Phi) is 5.61. The number of aromatic nitrogens is 1. The van der Waals surface area contributed by atoms with Crippen LogP contribution in [-0.4, -0.2) is 28.4 Å². The number of carbonyl (C=O) groups is 1. The van der Waals surface area contributed by atoms with E-state index in [0.29, 0.717) is 6.54 Å². The average Bonchev–Trinajstić information content (AvgIpc) is 2.89. The van der Waals surface area contributed by atoms with Gasteiger partial charge in [-0.05, 0) is 32.1 Å². The van der Waals surface area contributed by atoms with Crippen LogP contribution in [0, 0.1) is 0 Å². The molecule has 6 heteroatoms. The fourth-order valence-electron chi connectivity index (χ4n) is 2.76. The largest absolute Gasteiger partial charge is 0.393 e. The van der Waals surface area contributed by atoms with Crippen molar-refractivity contribution in [2.75, 3.05) is 0 Å². The van der Waals surface area contributed by atoms with E-state index in [9.17, 15) is 9.90 Å². The highest BCUT2D eigenvalue weighted by molar-refractivity contribution is 5.74. The van der Waals surface area contributed by atoms with Crippen LogP contribution >= 0.6 is 0 Å². The molecular formula is C15H25N3O3. The predicted octanol–water partition coefficient (Wildman–Crippen LogP) is 1.90. The zero-order valence-corrected chi connectivity index (χ0v) is 12.8. The summed E-state index contributed by atoms with van der Waals surface area (Å²) in [4.78, 5) is 12.0. The highest BCUT2D eigenvalue weighted by Gasteiger charge is 2.21. The van der Waals surface area contributed by atoms with E-state index in [-0.39, 0.29) is 18.2 Å². The van der Waals surface area contributed by atoms with Gasteiger partial charge in [0.2, 0.25) is 0 Å². The van der Waals surface area contributed by atoms with Crippen LogP contribution in [0.1, 0.15) is 56.5 Å². The van der Waals surface area contributed by atoms with Gasteiger partial charge in [0, 0.05) is 24.6 Å². The van der Waals surface area contributed by atoms with Crippen LogP contribution in [0.3, 0.4) is 0 Å². The molecule has 0 radical (unpaired) electrons. The van der Waals surface area contributed by atoms with E-state index < -0.39 is 0 Å². The number of urea groups is 1. The minimum absolute atomic E-state index is 0.159. The molecule has 6 nitrogen and oxygen atoms in total. The molecule has 2 rings (SSSR count).